The number of anilines is 1. The normalized spacial score (nSPS) is 11.1. The maximum atomic E-state index is 11.9. The number of carbonyl (C=O) groups excluding carboxylic acids is 1. The molecule has 0 bridgehead atoms. The number of thiazole rings is 1. The monoisotopic (exact) mass is 387 g/mol. The van der Waals surface area contributed by atoms with E-state index in [1.54, 1.807) is 11.3 Å². The predicted octanol–water partition coefficient (Wildman–Crippen LogP) is 3.34. The van der Waals surface area contributed by atoms with E-state index in [0.717, 1.165) is 21.4 Å². The van der Waals surface area contributed by atoms with Crippen LogP contribution in [0.2, 0.25) is 0 Å². The van der Waals surface area contributed by atoms with Gasteiger partial charge >= 0.3 is 0 Å². The maximum absolute atomic E-state index is 11.9. The zero-order valence-electron chi connectivity index (χ0n) is 15.0. The molecular weight excluding hydrogens is 366 g/mol. The van der Waals surface area contributed by atoms with Crippen molar-refractivity contribution in [1.82, 2.24) is 20.3 Å². The maximum Gasteiger partial charge on any atom is 0.230 e. The van der Waals surface area contributed by atoms with Crippen molar-refractivity contribution in [3.8, 4) is 0 Å². The van der Waals surface area contributed by atoms with E-state index in [2.05, 4.69) is 37.3 Å². The van der Waals surface area contributed by atoms with Gasteiger partial charge in [0, 0.05) is 19.6 Å². The third kappa shape index (κ3) is 4.70. The predicted molar refractivity (Wildman–Crippen MR) is 108 cm³/mol. The van der Waals surface area contributed by atoms with Crippen molar-refractivity contribution in [2.45, 2.75) is 31.5 Å². The molecule has 0 radical (unpaired) electrons. The highest BCUT2D eigenvalue weighted by atomic mass is 32.2. The standard InChI is InChI=1S/C18H21N5OS2/c1-12(2)21-14(24)10-25-17-15-16(19-11-20-17)22-18(26-15)23(3)9-13-7-5-4-6-8-13/h4-8,11-12H,9-10H2,1-3H3,(H,21,24). The Kier molecular flexibility index (Phi) is 6.05. The fourth-order valence-corrected chi connectivity index (χ4v) is 4.27. The number of aromatic nitrogens is 3. The molecule has 6 nitrogen and oxygen atoms in total. The molecule has 0 aliphatic rings. The van der Waals surface area contributed by atoms with Gasteiger partial charge in [-0.3, -0.25) is 4.79 Å². The Morgan fingerprint density at radius 3 is 2.77 bits per heavy atom. The second-order valence-corrected chi connectivity index (χ2v) is 8.12. The van der Waals surface area contributed by atoms with Crippen LogP contribution in [0.5, 0.6) is 0 Å². The zero-order valence-corrected chi connectivity index (χ0v) is 16.6. The van der Waals surface area contributed by atoms with Gasteiger partial charge in [0.2, 0.25) is 5.91 Å². The van der Waals surface area contributed by atoms with E-state index in [1.807, 2.05) is 39.1 Å². The average Bonchev–Trinajstić information content (AvgIpc) is 3.05. The molecule has 1 aromatic carbocycles. The van der Waals surface area contributed by atoms with E-state index >= 15 is 0 Å². The third-order valence-electron chi connectivity index (χ3n) is 3.53. The van der Waals surface area contributed by atoms with Crippen molar-refractivity contribution >= 4 is 44.5 Å². The molecular formula is C18H21N5OS2. The topological polar surface area (TPSA) is 71.0 Å². The minimum absolute atomic E-state index is 0.00250. The van der Waals surface area contributed by atoms with Crippen LogP contribution in [0, 0.1) is 0 Å². The third-order valence-corrected chi connectivity index (χ3v) is 5.81. The number of thioether (sulfide) groups is 1. The number of amides is 1. The first-order valence-electron chi connectivity index (χ1n) is 8.31. The summed E-state index contributed by atoms with van der Waals surface area (Å²) >= 11 is 2.97. The van der Waals surface area contributed by atoms with E-state index < -0.39 is 0 Å². The second kappa shape index (κ2) is 8.46. The number of nitrogens with zero attached hydrogens (tertiary/aromatic N) is 4. The molecule has 1 N–H and O–H groups in total. The SMILES string of the molecule is CC(C)NC(=O)CSc1ncnc2nc(N(C)Cc3ccccc3)sc12. The molecule has 2 heterocycles. The molecule has 136 valence electrons. The number of benzene rings is 1. The Bertz CT molecular complexity index is 882. The van der Waals surface area contributed by atoms with Crippen molar-refractivity contribution in [2.24, 2.45) is 0 Å². The van der Waals surface area contributed by atoms with Crippen molar-refractivity contribution in [3.05, 3.63) is 42.2 Å². The fourth-order valence-electron chi connectivity index (χ4n) is 2.41. The molecule has 0 atom stereocenters. The highest BCUT2D eigenvalue weighted by Gasteiger charge is 2.15. The number of hydrogen-bond donors (Lipinski definition) is 1. The summed E-state index contributed by atoms with van der Waals surface area (Å²) in [4.78, 5) is 27.2. The smallest absolute Gasteiger partial charge is 0.230 e. The molecule has 0 spiro atoms. The summed E-state index contributed by atoms with van der Waals surface area (Å²) in [5.41, 5.74) is 1.90. The van der Waals surface area contributed by atoms with Crippen LogP contribution in [0.4, 0.5) is 5.13 Å². The Labute approximate surface area is 161 Å². The summed E-state index contributed by atoms with van der Waals surface area (Å²) in [6.07, 6.45) is 1.51. The van der Waals surface area contributed by atoms with Crippen LogP contribution in [-0.2, 0) is 11.3 Å². The van der Waals surface area contributed by atoms with Crippen LogP contribution in [0.25, 0.3) is 10.3 Å². The van der Waals surface area contributed by atoms with E-state index in [9.17, 15) is 4.79 Å². The Hall–Kier alpha value is -2.19. The van der Waals surface area contributed by atoms with E-state index in [-0.39, 0.29) is 11.9 Å². The summed E-state index contributed by atoms with van der Waals surface area (Å²) < 4.78 is 0.921. The van der Waals surface area contributed by atoms with Crippen molar-refractivity contribution < 1.29 is 4.79 Å². The zero-order chi connectivity index (χ0) is 18.5. The average molecular weight is 388 g/mol. The molecule has 1 amide bonds. The second-order valence-electron chi connectivity index (χ2n) is 6.18. The molecule has 3 rings (SSSR count). The van der Waals surface area contributed by atoms with Gasteiger partial charge in [0.1, 0.15) is 16.1 Å². The number of fused-ring (bicyclic) bond motifs is 1. The number of hydrogen-bond acceptors (Lipinski definition) is 7. The molecule has 8 heteroatoms. The quantitative estimate of drug-likeness (QED) is 0.495. The molecule has 0 unspecified atom stereocenters. The molecule has 0 saturated carbocycles. The molecule has 3 aromatic rings. The molecule has 26 heavy (non-hydrogen) atoms. The Morgan fingerprint density at radius 2 is 2.04 bits per heavy atom. The summed E-state index contributed by atoms with van der Waals surface area (Å²) in [5, 5.41) is 4.57. The minimum atomic E-state index is 0.00250. The van der Waals surface area contributed by atoms with E-state index in [1.165, 1.54) is 23.7 Å². The van der Waals surface area contributed by atoms with Crippen molar-refractivity contribution in [1.29, 1.82) is 0 Å². The Morgan fingerprint density at radius 1 is 1.27 bits per heavy atom. The van der Waals surface area contributed by atoms with Gasteiger partial charge in [-0.1, -0.05) is 53.4 Å². The lowest BCUT2D eigenvalue weighted by Crippen LogP contribution is -2.31. The van der Waals surface area contributed by atoms with Gasteiger partial charge in [0.25, 0.3) is 0 Å². The molecule has 0 aliphatic carbocycles. The van der Waals surface area contributed by atoms with Crippen LogP contribution in [0.15, 0.2) is 41.7 Å². The lowest BCUT2D eigenvalue weighted by molar-refractivity contribution is -0.119. The van der Waals surface area contributed by atoms with Crippen LogP contribution in [-0.4, -0.2) is 39.7 Å². The molecule has 0 saturated heterocycles. The first kappa shape index (κ1) is 18.6. The van der Waals surface area contributed by atoms with Gasteiger partial charge in [-0.05, 0) is 19.4 Å². The van der Waals surface area contributed by atoms with Gasteiger partial charge in [0.05, 0.1) is 5.75 Å². The fraction of sp³-hybridized carbons (Fsp3) is 0.333. The summed E-state index contributed by atoms with van der Waals surface area (Å²) in [6.45, 7) is 4.67. The van der Waals surface area contributed by atoms with Crippen molar-refractivity contribution in [3.63, 3.8) is 0 Å². The van der Waals surface area contributed by atoms with Gasteiger partial charge in [-0.15, -0.1) is 0 Å². The number of carbonyl (C=O) groups is 1. The lowest BCUT2D eigenvalue weighted by Gasteiger charge is -2.15. The number of nitrogens with one attached hydrogen (secondary N) is 1. The van der Waals surface area contributed by atoms with Gasteiger partial charge in [-0.2, -0.15) is 4.98 Å². The minimum Gasteiger partial charge on any atom is -0.353 e. The largest absolute Gasteiger partial charge is 0.353 e. The van der Waals surface area contributed by atoms with Crippen LogP contribution >= 0.6 is 23.1 Å². The highest BCUT2D eigenvalue weighted by Crippen LogP contribution is 2.33. The summed E-state index contributed by atoms with van der Waals surface area (Å²) in [6, 6.07) is 10.4. The summed E-state index contributed by atoms with van der Waals surface area (Å²) in [5.74, 6) is 0.333. The molecule has 2 aromatic heterocycles. The first-order chi connectivity index (χ1) is 12.5. The molecule has 0 fully saturated rings. The van der Waals surface area contributed by atoms with E-state index in [4.69, 9.17) is 0 Å². The molecule has 0 aliphatic heterocycles. The van der Waals surface area contributed by atoms with Gasteiger partial charge < -0.3 is 10.2 Å². The first-order valence-corrected chi connectivity index (χ1v) is 10.1. The van der Waals surface area contributed by atoms with Crippen LogP contribution < -0.4 is 10.2 Å². The van der Waals surface area contributed by atoms with E-state index in [0.29, 0.717) is 11.4 Å². The van der Waals surface area contributed by atoms with Gasteiger partial charge in [0.15, 0.2) is 10.8 Å². The van der Waals surface area contributed by atoms with Crippen molar-refractivity contribution in [2.75, 3.05) is 17.7 Å². The lowest BCUT2D eigenvalue weighted by atomic mass is 10.2. The van der Waals surface area contributed by atoms with Crippen LogP contribution in [0.3, 0.4) is 0 Å². The van der Waals surface area contributed by atoms with Crippen LogP contribution in [0.1, 0.15) is 19.4 Å². The highest BCUT2D eigenvalue weighted by molar-refractivity contribution is 8.00. The Balaban J connectivity index is 1.75. The van der Waals surface area contributed by atoms with Gasteiger partial charge in [-0.25, -0.2) is 9.97 Å². The number of rotatable bonds is 7. The summed E-state index contributed by atoms with van der Waals surface area (Å²) in [7, 11) is 2.01.